The Morgan fingerprint density at radius 1 is 1.15 bits per heavy atom. The first kappa shape index (κ1) is 12.8. The molecule has 0 fully saturated rings. The number of fused-ring (bicyclic) bond motifs is 1. The molecule has 0 atom stereocenters. The molecule has 0 saturated heterocycles. The molecular formula is C16H11FO2S. The monoisotopic (exact) mass is 286 g/mol. The first-order valence-electron chi connectivity index (χ1n) is 6.05. The van der Waals surface area contributed by atoms with Crippen molar-refractivity contribution in [2.75, 3.05) is 7.11 Å². The lowest BCUT2D eigenvalue weighted by molar-refractivity contribution is 0.103. The summed E-state index contributed by atoms with van der Waals surface area (Å²) in [4.78, 5) is 12.6. The van der Waals surface area contributed by atoms with Gasteiger partial charge in [0.15, 0.2) is 5.78 Å². The average Bonchev–Trinajstić information content (AvgIpc) is 2.90. The van der Waals surface area contributed by atoms with Crippen molar-refractivity contribution >= 4 is 27.2 Å². The normalized spacial score (nSPS) is 10.7. The highest BCUT2D eigenvalue weighted by molar-refractivity contribution is 7.17. The summed E-state index contributed by atoms with van der Waals surface area (Å²) in [6, 6.07) is 11.6. The Bertz CT molecular complexity index is 792. The van der Waals surface area contributed by atoms with Crippen molar-refractivity contribution < 1.29 is 13.9 Å². The van der Waals surface area contributed by atoms with Gasteiger partial charge in [-0.1, -0.05) is 18.2 Å². The number of carbonyl (C=O) groups is 1. The van der Waals surface area contributed by atoms with Gasteiger partial charge in [-0.15, -0.1) is 11.3 Å². The Morgan fingerprint density at radius 2 is 1.95 bits per heavy atom. The van der Waals surface area contributed by atoms with E-state index in [0.717, 1.165) is 10.1 Å². The van der Waals surface area contributed by atoms with Gasteiger partial charge in [0, 0.05) is 21.0 Å². The molecule has 1 heterocycles. The van der Waals surface area contributed by atoms with Crippen LogP contribution in [0.4, 0.5) is 4.39 Å². The minimum absolute atomic E-state index is 0.223. The fraction of sp³-hybridized carbons (Fsp3) is 0.0625. The standard InChI is InChI=1S/C16H11FO2S/c1-19-14-7-6-10(17)8-12(14)16(18)13-9-20-15-5-3-2-4-11(13)15/h2-9H,1H3. The van der Waals surface area contributed by atoms with Crippen molar-refractivity contribution in [1.29, 1.82) is 0 Å². The quantitative estimate of drug-likeness (QED) is 0.672. The lowest BCUT2D eigenvalue weighted by Gasteiger charge is -2.07. The molecule has 0 aliphatic rings. The molecule has 2 nitrogen and oxygen atoms in total. The molecule has 0 radical (unpaired) electrons. The van der Waals surface area contributed by atoms with Gasteiger partial charge in [0.25, 0.3) is 0 Å². The number of thiophene rings is 1. The maximum atomic E-state index is 13.4. The SMILES string of the molecule is COc1ccc(F)cc1C(=O)c1csc2ccccc12. The van der Waals surface area contributed by atoms with Gasteiger partial charge < -0.3 is 4.74 Å². The van der Waals surface area contributed by atoms with Gasteiger partial charge in [-0.25, -0.2) is 4.39 Å². The van der Waals surface area contributed by atoms with E-state index in [-0.39, 0.29) is 11.3 Å². The first-order valence-corrected chi connectivity index (χ1v) is 6.93. The van der Waals surface area contributed by atoms with E-state index in [0.29, 0.717) is 11.3 Å². The van der Waals surface area contributed by atoms with Crippen LogP contribution in [0, 0.1) is 5.82 Å². The van der Waals surface area contributed by atoms with Crippen LogP contribution >= 0.6 is 11.3 Å². The molecule has 3 rings (SSSR count). The Morgan fingerprint density at radius 3 is 2.75 bits per heavy atom. The fourth-order valence-electron chi connectivity index (χ4n) is 2.16. The van der Waals surface area contributed by atoms with E-state index < -0.39 is 5.82 Å². The van der Waals surface area contributed by atoms with Gasteiger partial charge >= 0.3 is 0 Å². The minimum atomic E-state index is -0.450. The van der Waals surface area contributed by atoms with Crippen LogP contribution in [-0.4, -0.2) is 12.9 Å². The van der Waals surface area contributed by atoms with Crippen LogP contribution in [0.3, 0.4) is 0 Å². The van der Waals surface area contributed by atoms with Gasteiger partial charge in [-0.2, -0.15) is 0 Å². The summed E-state index contributed by atoms with van der Waals surface area (Å²) in [5.41, 5.74) is 0.825. The number of benzene rings is 2. The Balaban J connectivity index is 2.15. The zero-order valence-electron chi connectivity index (χ0n) is 10.7. The van der Waals surface area contributed by atoms with Crippen molar-refractivity contribution in [1.82, 2.24) is 0 Å². The number of methoxy groups -OCH3 is 1. The average molecular weight is 286 g/mol. The van der Waals surface area contributed by atoms with Crippen molar-refractivity contribution in [3.8, 4) is 5.75 Å². The molecule has 0 unspecified atom stereocenters. The van der Waals surface area contributed by atoms with Crippen LogP contribution in [0.1, 0.15) is 15.9 Å². The molecule has 0 N–H and O–H groups in total. The van der Waals surface area contributed by atoms with Crippen LogP contribution < -0.4 is 4.74 Å². The van der Waals surface area contributed by atoms with Crippen molar-refractivity contribution in [3.05, 3.63) is 64.8 Å². The third-order valence-corrected chi connectivity index (χ3v) is 4.10. The summed E-state index contributed by atoms with van der Waals surface area (Å²) in [5.74, 6) is -0.292. The molecule has 0 bridgehead atoms. The molecule has 0 aliphatic carbocycles. The molecule has 0 saturated carbocycles. The Kier molecular flexibility index (Phi) is 3.24. The fourth-order valence-corrected chi connectivity index (χ4v) is 3.10. The number of hydrogen-bond donors (Lipinski definition) is 0. The Labute approximate surface area is 119 Å². The summed E-state index contributed by atoms with van der Waals surface area (Å²) in [6.07, 6.45) is 0. The summed E-state index contributed by atoms with van der Waals surface area (Å²) < 4.78 is 19.6. The third-order valence-electron chi connectivity index (χ3n) is 3.13. The Hall–Kier alpha value is -2.20. The first-order chi connectivity index (χ1) is 9.70. The highest BCUT2D eigenvalue weighted by atomic mass is 32.1. The molecule has 2 aromatic carbocycles. The van der Waals surface area contributed by atoms with Crippen LogP contribution in [0.15, 0.2) is 47.8 Å². The van der Waals surface area contributed by atoms with E-state index in [1.54, 1.807) is 5.38 Å². The van der Waals surface area contributed by atoms with Crippen molar-refractivity contribution in [2.45, 2.75) is 0 Å². The second kappa shape index (κ2) is 5.06. The predicted molar refractivity (Wildman–Crippen MR) is 78.2 cm³/mol. The number of carbonyl (C=O) groups excluding carboxylic acids is 1. The minimum Gasteiger partial charge on any atom is -0.496 e. The zero-order chi connectivity index (χ0) is 14.1. The van der Waals surface area contributed by atoms with E-state index in [1.807, 2.05) is 24.3 Å². The van der Waals surface area contributed by atoms with Gasteiger partial charge in [0.1, 0.15) is 11.6 Å². The van der Waals surface area contributed by atoms with E-state index in [4.69, 9.17) is 4.74 Å². The van der Waals surface area contributed by atoms with Gasteiger partial charge in [0.05, 0.1) is 12.7 Å². The molecular weight excluding hydrogens is 275 g/mol. The predicted octanol–water partition coefficient (Wildman–Crippen LogP) is 4.28. The largest absolute Gasteiger partial charge is 0.496 e. The van der Waals surface area contributed by atoms with E-state index in [9.17, 15) is 9.18 Å². The zero-order valence-corrected chi connectivity index (χ0v) is 11.5. The molecule has 0 spiro atoms. The smallest absolute Gasteiger partial charge is 0.198 e. The molecule has 0 aliphatic heterocycles. The topological polar surface area (TPSA) is 26.3 Å². The molecule has 20 heavy (non-hydrogen) atoms. The summed E-state index contributed by atoms with van der Waals surface area (Å²) in [6.45, 7) is 0. The van der Waals surface area contributed by atoms with Crippen molar-refractivity contribution in [3.63, 3.8) is 0 Å². The maximum absolute atomic E-state index is 13.4. The lowest BCUT2D eigenvalue weighted by atomic mass is 10.0. The van der Waals surface area contributed by atoms with E-state index in [2.05, 4.69) is 0 Å². The number of ether oxygens (including phenoxy) is 1. The van der Waals surface area contributed by atoms with Crippen LogP contribution in [0.5, 0.6) is 5.75 Å². The highest BCUT2D eigenvalue weighted by Gasteiger charge is 2.18. The lowest BCUT2D eigenvalue weighted by Crippen LogP contribution is -2.04. The third kappa shape index (κ3) is 2.08. The highest BCUT2D eigenvalue weighted by Crippen LogP contribution is 2.30. The second-order valence-corrected chi connectivity index (χ2v) is 5.23. The number of halogens is 1. The van der Waals surface area contributed by atoms with Crippen LogP contribution in [-0.2, 0) is 0 Å². The van der Waals surface area contributed by atoms with E-state index in [1.165, 1.54) is 36.6 Å². The molecule has 1 aromatic heterocycles. The van der Waals surface area contributed by atoms with Crippen molar-refractivity contribution in [2.24, 2.45) is 0 Å². The second-order valence-electron chi connectivity index (χ2n) is 4.32. The van der Waals surface area contributed by atoms with Gasteiger partial charge in [0.2, 0.25) is 0 Å². The van der Waals surface area contributed by atoms with Crippen LogP contribution in [0.25, 0.3) is 10.1 Å². The molecule has 100 valence electrons. The van der Waals surface area contributed by atoms with Gasteiger partial charge in [-0.05, 0) is 24.3 Å². The summed E-state index contributed by atoms with van der Waals surface area (Å²) >= 11 is 1.50. The number of hydrogen-bond acceptors (Lipinski definition) is 3. The number of rotatable bonds is 3. The van der Waals surface area contributed by atoms with Crippen LogP contribution in [0.2, 0.25) is 0 Å². The molecule has 4 heteroatoms. The summed E-state index contributed by atoms with van der Waals surface area (Å²) in [5, 5.41) is 2.69. The molecule has 3 aromatic rings. The number of ketones is 1. The maximum Gasteiger partial charge on any atom is 0.198 e. The van der Waals surface area contributed by atoms with Gasteiger partial charge in [-0.3, -0.25) is 4.79 Å². The van der Waals surface area contributed by atoms with E-state index >= 15 is 0 Å². The summed E-state index contributed by atoms with van der Waals surface area (Å²) in [7, 11) is 1.47. The molecule has 0 amide bonds.